The summed E-state index contributed by atoms with van der Waals surface area (Å²) < 4.78 is 0.619. The number of aryl methyl sites for hydroxylation is 1. The molecule has 0 atom stereocenters. The van der Waals surface area contributed by atoms with Gasteiger partial charge in [0.15, 0.2) is 0 Å². The number of aromatic hydroxyl groups is 1. The molecule has 0 heterocycles. The lowest BCUT2D eigenvalue weighted by Crippen LogP contribution is -1.81. The van der Waals surface area contributed by atoms with Crippen LogP contribution in [0.25, 0.3) is 0 Å². The SMILES string of the molecule is Cc1cc(Br)c(O)cc1C#N. The first-order valence-corrected chi connectivity index (χ1v) is 3.83. The molecule has 0 fully saturated rings. The predicted octanol–water partition coefficient (Wildman–Crippen LogP) is 2.33. The Morgan fingerprint density at radius 3 is 2.73 bits per heavy atom. The van der Waals surface area contributed by atoms with Gasteiger partial charge in [-0.15, -0.1) is 0 Å². The number of nitrogens with zero attached hydrogens (tertiary/aromatic N) is 1. The van der Waals surface area contributed by atoms with Crippen LogP contribution < -0.4 is 0 Å². The summed E-state index contributed by atoms with van der Waals surface area (Å²) in [6, 6.07) is 5.14. The van der Waals surface area contributed by atoms with Crippen molar-refractivity contribution in [3.63, 3.8) is 0 Å². The van der Waals surface area contributed by atoms with E-state index in [4.69, 9.17) is 10.4 Å². The third-order valence-corrected chi connectivity index (χ3v) is 2.05. The van der Waals surface area contributed by atoms with Crippen molar-refractivity contribution in [2.24, 2.45) is 0 Å². The number of hydrogen-bond acceptors (Lipinski definition) is 2. The van der Waals surface area contributed by atoms with Crippen LogP contribution in [0.15, 0.2) is 16.6 Å². The smallest absolute Gasteiger partial charge is 0.131 e. The van der Waals surface area contributed by atoms with Crippen molar-refractivity contribution in [2.75, 3.05) is 0 Å². The molecule has 0 aliphatic carbocycles. The molecule has 1 rings (SSSR count). The number of rotatable bonds is 0. The van der Waals surface area contributed by atoms with Crippen LogP contribution in [0, 0.1) is 18.3 Å². The highest BCUT2D eigenvalue weighted by molar-refractivity contribution is 9.10. The van der Waals surface area contributed by atoms with Crippen LogP contribution >= 0.6 is 15.9 Å². The molecule has 11 heavy (non-hydrogen) atoms. The van der Waals surface area contributed by atoms with Crippen LogP contribution in [0.5, 0.6) is 5.75 Å². The van der Waals surface area contributed by atoms with E-state index in [0.29, 0.717) is 10.0 Å². The summed E-state index contributed by atoms with van der Waals surface area (Å²) in [4.78, 5) is 0. The van der Waals surface area contributed by atoms with Gasteiger partial charge in [0.2, 0.25) is 0 Å². The van der Waals surface area contributed by atoms with Crippen LogP contribution in [0.1, 0.15) is 11.1 Å². The summed E-state index contributed by atoms with van der Waals surface area (Å²) in [7, 11) is 0. The van der Waals surface area contributed by atoms with Crippen molar-refractivity contribution in [1.29, 1.82) is 5.26 Å². The summed E-state index contributed by atoms with van der Waals surface area (Å²) in [5.74, 6) is 0.104. The second kappa shape index (κ2) is 2.93. The van der Waals surface area contributed by atoms with E-state index >= 15 is 0 Å². The van der Waals surface area contributed by atoms with E-state index in [9.17, 15) is 0 Å². The Hall–Kier alpha value is -1.01. The first-order valence-electron chi connectivity index (χ1n) is 3.04. The van der Waals surface area contributed by atoms with Gasteiger partial charge in [0.05, 0.1) is 16.1 Å². The fraction of sp³-hybridized carbons (Fsp3) is 0.125. The maximum Gasteiger partial charge on any atom is 0.131 e. The van der Waals surface area contributed by atoms with Gasteiger partial charge in [0, 0.05) is 0 Å². The Kier molecular flexibility index (Phi) is 2.16. The van der Waals surface area contributed by atoms with Crippen LogP contribution in [-0.2, 0) is 0 Å². The molecule has 0 aromatic heterocycles. The molecule has 3 heteroatoms. The fourth-order valence-electron chi connectivity index (χ4n) is 0.782. The third-order valence-electron chi connectivity index (χ3n) is 1.41. The zero-order valence-corrected chi connectivity index (χ0v) is 7.51. The highest BCUT2D eigenvalue weighted by atomic mass is 79.9. The Bertz CT molecular complexity index is 328. The molecule has 0 amide bonds. The van der Waals surface area contributed by atoms with Gasteiger partial charge in [0.1, 0.15) is 5.75 Å². The maximum absolute atomic E-state index is 9.16. The number of phenols is 1. The van der Waals surface area contributed by atoms with Crippen molar-refractivity contribution in [3.8, 4) is 11.8 Å². The Morgan fingerprint density at radius 1 is 1.55 bits per heavy atom. The summed E-state index contributed by atoms with van der Waals surface area (Å²) in [5.41, 5.74) is 1.36. The lowest BCUT2D eigenvalue weighted by Gasteiger charge is -1.99. The van der Waals surface area contributed by atoms with E-state index in [1.807, 2.05) is 13.0 Å². The number of hydrogen-bond donors (Lipinski definition) is 1. The molecule has 0 aliphatic rings. The normalized spacial score (nSPS) is 9.18. The highest BCUT2D eigenvalue weighted by Gasteiger charge is 2.02. The molecule has 1 aromatic carbocycles. The van der Waals surface area contributed by atoms with Crippen molar-refractivity contribution in [2.45, 2.75) is 6.92 Å². The summed E-state index contributed by atoms with van der Waals surface area (Å²) >= 11 is 3.15. The van der Waals surface area contributed by atoms with Crippen LogP contribution in [0.3, 0.4) is 0 Å². The molecule has 0 saturated carbocycles. The third kappa shape index (κ3) is 1.52. The van der Waals surface area contributed by atoms with Crippen LogP contribution in [-0.4, -0.2) is 5.11 Å². The molecule has 0 saturated heterocycles. The molecule has 0 bridgehead atoms. The molecule has 56 valence electrons. The minimum absolute atomic E-state index is 0.104. The van der Waals surface area contributed by atoms with Gasteiger partial charge in [-0.25, -0.2) is 0 Å². The quantitative estimate of drug-likeness (QED) is 0.717. The Morgan fingerprint density at radius 2 is 2.18 bits per heavy atom. The number of benzene rings is 1. The van der Waals surface area contributed by atoms with E-state index in [-0.39, 0.29) is 5.75 Å². The minimum atomic E-state index is 0.104. The molecule has 2 nitrogen and oxygen atoms in total. The molecule has 0 unspecified atom stereocenters. The van der Waals surface area contributed by atoms with Gasteiger partial charge >= 0.3 is 0 Å². The van der Waals surface area contributed by atoms with Crippen LogP contribution in [0.2, 0.25) is 0 Å². The largest absolute Gasteiger partial charge is 0.507 e. The number of nitriles is 1. The van der Waals surface area contributed by atoms with Crippen molar-refractivity contribution in [1.82, 2.24) is 0 Å². The van der Waals surface area contributed by atoms with Gasteiger partial charge in [-0.3, -0.25) is 0 Å². The van der Waals surface area contributed by atoms with Crippen molar-refractivity contribution >= 4 is 15.9 Å². The molecule has 1 aromatic rings. The van der Waals surface area contributed by atoms with Gasteiger partial charge in [-0.1, -0.05) is 0 Å². The fourth-order valence-corrected chi connectivity index (χ4v) is 1.24. The van der Waals surface area contributed by atoms with Gasteiger partial charge < -0.3 is 5.11 Å². The summed E-state index contributed by atoms with van der Waals surface area (Å²) in [6.07, 6.45) is 0. The summed E-state index contributed by atoms with van der Waals surface area (Å²) in [6.45, 7) is 1.82. The zero-order valence-electron chi connectivity index (χ0n) is 5.93. The second-order valence-corrected chi connectivity index (χ2v) is 3.08. The second-order valence-electron chi connectivity index (χ2n) is 2.23. The number of halogens is 1. The molecular weight excluding hydrogens is 206 g/mol. The van der Waals surface area contributed by atoms with Crippen molar-refractivity contribution < 1.29 is 5.11 Å². The average Bonchev–Trinajstić information content (AvgIpc) is 1.97. The zero-order chi connectivity index (χ0) is 8.43. The molecule has 1 N–H and O–H groups in total. The predicted molar refractivity (Wildman–Crippen MR) is 45.3 cm³/mol. The minimum Gasteiger partial charge on any atom is -0.507 e. The van der Waals surface area contributed by atoms with Gasteiger partial charge in [-0.05, 0) is 40.5 Å². The van der Waals surface area contributed by atoms with Gasteiger partial charge in [-0.2, -0.15) is 5.26 Å². The topological polar surface area (TPSA) is 44.0 Å². The number of phenolic OH excluding ortho intramolecular Hbond substituents is 1. The van der Waals surface area contributed by atoms with Gasteiger partial charge in [0.25, 0.3) is 0 Å². The lowest BCUT2D eigenvalue weighted by atomic mass is 10.1. The Balaban J connectivity index is 3.35. The van der Waals surface area contributed by atoms with E-state index in [2.05, 4.69) is 15.9 Å². The molecular formula is C8H6BrNO. The molecule has 0 radical (unpaired) electrons. The molecule has 0 spiro atoms. The first kappa shape index (κ1) is 8.09. The van der Waals surface area contributed by atoms with E-state index in [0.717, 1.165) is 5.56 Å². The molecule has 0 aliphatic heterocycles. The monoisotopic (exact) mass is 211 g/mol. The summed E-state index contributed by atoms with van der Waals surface area (Å²) in [5, 5.41) is 17.7. The van der Waals surface area contributed by atoms with E-state index in [1.54, 1.807) is 6.07 Å². The van der Waals surface area contributed by atoms with Crippen LogP contribution in [0.4, 0.5) is 0 Å². The maximum atomic E-state index is 9.16. The lowest BCUT2D eigenvalue weighted by molar-refractivity contribution is 0.471. The van der Waals surface area contributed by atoms with E-state index in [1.165, 1.54) is 6.07 Å². The Labute approximate surface area is 73.2 Å². The average molecular weight is 212 g/mol. The highest BCUT2D eigenvalue weighted by Crippen LogP contribution is 2.26. The first-order chi connectivity index (χ1) is 5.15. The van der Waals surface area contributed by atoms with Crippen molar-refractivity contribution in [3.05, 3.63) is 27.7 Å². The van der Waals surface area contributed by atoms with E-state index < -0.39 is 0 Å². The standard InChI is InChI=1S/C8H6BrNO/c1-5-2-7(9)8(11)3-6(5)4-10/h2-3,11H,1H3.